The van der Waals surface area contributed by atoms with Crippen LogP contribution in [0.1, 0.15) is 47.1 Å². The molecule has 1 aromatic carbocycles. The zero-order chi connectivity index (χ0) is 14.8. The standard InChI is InChI=1S/C14H13NO4/c1-8(16)11-5-4-6-12(13(11)9(2)17)14(19,7-15)10(3)18/h4-6,19H,1-3H3. The van der Waals surface area contributed by atoms with Gasteiger partial charge in [-0.2, -0.15) is 5.26 Å². The summed E-state index contributed by atoms with van der Waals surface area (Å²) in [5, 5.41) is 19.2. The first-order valence-corrected chi connectivity index (χ1v) is 5.55. The van der Waals surface area contributed by atoms with E-state index in [2.05, 4.69) is 0 Å². The third kappa shape index (κ3) is 2.44. The van der Waals surface area contributed by atoms with Crippen molar-refractivity contribution >= 4 is 17.3 Å². The number of carbonyl (C=O) groups is 3. The van der Waals surface area contributed by atoms with Crippen molar-refractivity contribution in [2.24, 2.45) is 0 Å². The van der Waals surface area contributed by atoms with Crippen LogP contribution >= 0.6 is 0 Å². The molecule has 0 aromatic heterocycles. The molecule has 98 valence electrons. The van der Waals surface area contributed by atoms with Gasteiger partial charge in [0.05, 0.1) is 0 Å². The molecule has 1 rings (SSSR count). The summed E-state index contributed by atoms with van der Waals surface area (Å²) in [5.74, 6) is -1.68. The first kappa shape index (κ1) is 14.7. The highest BCUT2D eigenvalue weighted by Gasteiger charge is 2.38. The Bertz CT molecular complexity index is 612. The molecule has 5 heteroatoms. The predicted octanol–water partition coefficient (Wildman–Crippen LogP) is 1.39. The van der Waals surface area contributed by atoms with Gasteiger partial charge in [0, 0.05) is 16.7 Å². The van der Waals surface area contributed by atoms with Crippen molar-refractivity contribution in [2.45, 2.75) is 26.4 Å². The number of carbonyl (C=O) groups excluding carboxylic acids is 3. The van der Waals surface area contributed by atoms with Crippen LogP contribution < -0.4 is 0 Å². The molecule has 0 saturated heterocycles. The Hall–Kier alpha value is -2.32. The van der Waals surface area contributed by atoms with E-state index in [0.717, 1.165) is 6.92 Å². The maximum atomic E-state index is 11.7. The number of Topliss-reactive ketones (excluding diaryl/α,β-unsaturated/α-hetero) is 3. The summed E-state index contributed by atoms with van der Waals surface area (Å²) >= 11 is 0. The van der Waals surface area contributed by atoms with Crippen LogP contribution in [0.4, 0.5) is 0 Å². The van der Waals surface area contributed by atoms with E-state index < -0.39 is 17.2 Å². The van der Waals surface area contributed by atoms with Gasteiger partial charge in [0.15, 0.2) is 17.3 Å². The smallest absolute Gasteiger partial charge is 0.236 e. The van der Waals surface area contributed by atoms with Gasteiger partial charge in [-0.05, 0) is 20.8 Å². The zero-order valence-corrected chi connectivity index (χ0v) is 10.9. The molecule has 1 unspecified atom stereocenters. The van der Waals surface area contributed by atoms with Crippen molar-refractivity contribution in [1.82, 2.24) is 0 Å². The van der Waals surface area contributed by atoms with Crippen LogP contribution in [-0.4, -0.2) is 22.5 Å². The average Bonchev–Trinajstić information content (AvgIpc) is 2.36. The zero-order valence-electron chi connectivity index (χ0n) is 10.9. The molecule has 1 N–H and O–H groups in total. The van der Waals surface area contributed by atoms with E-state index in [4.69, 9.17) is 5.26 Å². The molecule has 0 amide bonds. The Kier molecular flexibility index (Phi) is 3.98. The number of ketones is 3. The minimum absolute atomic E-state index is 0.0833. The molecule has 0 aliphatic carbocycles. The van der Waals surface area contributed by atoms with Crippen LogP contribution in [0.3, 0.4) is 0 Å². The fourth-order valence-electron chi connectivity index (χ4n) is 1.86. The quantitative estimate of drug-likeness (QED) is 0.651. The van der Waals surface area contributed by atoms with Gasteiger partial charge in [-0.1, -0.05) is 18.2 Å². The number of nitriles is 1. The molecule has 0 bridgehead atoms. The molecule has 1 atom stereocenters. The summed E-state index contributed by atoms with van der Waals surface area (Å²) in [6.45, 7) is 3.53. The lowest BCUT2D eigenvalue weighted by atomic mass is 9.84. The first-order valence-electron chi connectivity index (χ1n) is 5.55. The molecular formula is C14H13NO4. The minimum atomic E-state index is -2.42. The van der Waals surface area contributed by atoms with Crippen LogP contribution in [0.5, 0.6) is 0 Å². The number of hydrogen-bond donors (Lipinski definition) is 1. The van der Waals surface area contributed by atoms with Gasteiger partial charge in [0.2, 0.25) is 5.60 Å². The summed E-state index contributed by atoms with van der Waals surface area (Å²) in [6, 6.07) is 5.64. The van der Waals surface area contributed by atoms with Gasteiger partial charge in [-0.15, -0.1) is 0 Å². The topological polar surface area (TPSA) is 95.2 Å². The summed E-state index contributed by atoms with van der Waals surface area (Å²) in [6.07, 6.45) is 0. The summed E-state index contributed by atoms with van der Waals surface area (Å²) < 4.78 is 0. The van der Waals surface area contributed by atoms with Gasteiger partial charge in [-0.3, -0.25) is 14.4 Å². The molecule has 0 aliphatic rings. The second kappa shape index (κ2) is 5.12. The number of aliphatic hydroxyl groups is 1. The normalized spacial score (nSPS) is 13.2. The van der Waals surface area contributed by atoms with Crippen molar-refractivity contribution in [3.8, 4) is 6.07 Å². The molecule has 1 aromatic rings. The summed E-state index contributed by atoms with van der Waals surface area (Å²) in [5.41, 5.74) is -2.58. The van der Waals surface area contributed by atoms with Crippen molar-refractivity contribution in [2.75, 3.05) is 0 Å². The second-order valence-electron chi connectivity index (χ2n) is 4.22. The monoisotopic (exact) mass is 259 g/mol. The Labute approximate surface area is 110 Å². The average molecular weight is 259 g/mol. The van der Waals surface area contributed by atoms with E-state index in [0.29, 0.717) is 0 Å². The fourth-order valence-corrected chi connectivity index (χ4v) is 1.86. The highest BCUT2D eigenvalue weighted by molar-refractivity contribution is 6.09. The lowest BCUT2D eigenvalue weighted by Gasteiger charge is -2.21. The number of rotatable bonds is 4. The Balaban J connectivity index is 3.76. The molecule has 0 radical (unpaired) electrons. The summed E-state index contributed by atoms with van der Waals surface area (Å²) in [7, 11) is 0. The van der Waals surface area contributed by atoms with Gasteiger partial charge >= 0.3 is 0 Å². The minimum Gasteiger partial charge on any atom is -0.366 e. The Morgan fingerprint density at radius 3 is 2.11 bits per heavy atom. The highest BCUT2D eigenvalue weighted by atomic mass is 16.3. The third-order valence-corrected chi connectivity index (χ3v) is 2.86. The van der Waals surface area contributed by atoms with E-state index in [9.17, 15) is 19.5 Å². The van der Waals surface area contributed by atoms with E-state index in [1.54, 1.807) is 0 Å². The van der Waals surface area contributed by atoms with E-state index in [1.165, 1.54) is 38.1 Å². The van der Waals surface area contributed by atoms with Crippen LogP contribution in [0.2, 0.25) is 0 Å². The van der Waals surface area contributed by atoms with Gasteiger partial charge < -0.3 is 5.11 Å². The fraction of sp³-hybridized carbons (Fsp3) is 0.286. The van der Waals surface area contributed by atoms with E-state index in [1.807, 2.05) is 0 Å². The van der Waals surface area contributed by atoms with Crippen molar-refractivity contribution in [3.05, 3.63) is 34.9 Å². The van der Waals surface area contributed by atoms with Gasteiger partial charge in [0.25, 0.3) is 0 Å². The number of benzene rings is 1. The number of hydrogen-bond acceptors (Lipinski definition) is 5. The van der Waals surface area contributed by atoms with Gasteiger partial charge in [0.1, 0.15) is 6.07 Å². The molecule has 19 heavy (non-hydrogen) atoms. The van der Waals surface area contributed by atoms with E-state index >= 15 is 0 Å². The van der Waals surface area contributed by atoms with Gasteiger partial charge in [-0.25, -0.2) is 0 Å². The third-order valence-electron chi connectivity index (χ3n) is 2.86. The Morgan fingerprint density at radius 1 is 1.16 bits per heavy atom. The molecule has 0 heterocycles. The molecule has 0 saturated carbocycles. The summed E-state index contributed by atoms with van der Waals surface area (Å²) in [4.78, 5) is 34.7. The maximum Gasteiger partial charge on any atom is 0.236 e. The Morgan fingerprint density at radius 2 is 1.74 bits per heavy atom. The van der Waals surface area contributed by atoms with E-state index in [-0.39, 0.29) is 22.5 Å². The van der Waals surface area contributed by atoms with Crippen molar-refractivity contribution in [1.29, 1.82) is 5.26 Å². The van der Waals surface area contributed by atoms with Crippen molar-refractivity contribution < 1.29 is 19.5 Å². The van der Waals surface area contributed by atoms with Crippen LogP contribution in [0.25, 0.3) is 0 Å². The molecule has 0 fully saturated rings. The van der Waals surface area contributed by atoms with Crippen molar-refractivity contribution in [3.63, 3.8) is 0 Å². The SMILES string of the molecule is CC(=O)c1cccc(C(O)(C#N)C(C)=O)c1C(C)=O. The maximum absolute atomic E-state index is 11.7. The molecule has 0 spiro atoms. The highest BCUT2D eigenvalue weighted by Crippen LogP contribution is 2.28. The van der Waals surface area contributed by atoms with Crippen LogP contribution in [0.15, 0.2) is 18.2 Å². The molecule has 0 aliphatic heterocycles. The lowest BCUT2D eigenvalue weighted by Crippen LogP contribution is -2.34. The number of nitrogens with zero attached hydrogens (tertiary/aromatic N) is 1. The largest absolute Gasteiger partial charge is 0.366 e. The molecule has 5 nitrogen and oxygen atoms in total. The predicted molar refractivity (Wildman–Crippen MR) is 66.6 cm³/mol. The lowest BCUT2D eigenvalue weighted by molar-refractivity contribution is -0.130. The van der Waals surface area contributed by atoms with Crippen LogP contribution in [-0.2, 0) is 10.4 Å². The van der Waals surface area contributed by atoms with Crippen LogP contribution in [0, 0.1) is 11.3 Å². The second-order valence-corrected chi connectivity index (χ2v) is 4.22. The first-order chi connectivity index (χ1) is 8.75. The molecular weight excluding hydrogens is 246 g/mol.